The van der Waals surface area contributed by atoms with Gasteiger partial charge in [-0.3, -0.25) is 10.1 Å². The van der Waals surface area contributed by atoms with Gasteiger partial charge in [0.1, 0.15) is 11.9 Å². The van der Waals surface area contributed by atoms with Gasteiger partial charge in [0.05, 0.1) is 18.5 Å². The first-order valence-corrected chi connectivity index (χ1v) is 11.0. The maximum Gasteiger partial charge on any atom is 0.341 e. The Morgan fingerprint density at radius 2 is 2.03 bits per heavy atom. The number of hydrogen-bond donors (Lipinski definition) is 1. The number of nitrogens with one attached hydrogen (secondary N) is 1. The number of nitro groups is 1. The maximum absolute atomic E-state index is 12.9. The van der Waals surface area contributed by atoms with Gasteiger partial charge in [0.2, 0.25) is 0 Å². The van der Waals surface area contributed by atoms with E-state index in [1.165, 1.54) is 22.9 Å². The second kappa shape index (κ2) is 12.2. The van der Waals surface area contributed by atoms with Crippen molar-refractivity contribution in [1.82, 2.24) is 4.67 Å². The standard InChI is InChI=1S/C16H22Cl2N3O7P/c1-2-3-15(28-29(19,26)20(8-6-17)9-7-18)13-10-12(27-11-16(22)23)4-5-14(13)21(24)25/h2,4-5,10,15H,1,3,6-9,11H2,(H3,19,22,23,26)/p-1. The van der Waals surface area contributed by atoms with Crippen molar-refractivity contribution in [2.24, 2.45) is 0 Å². The smallest absolute Gasteiger partial charge is 0.341 e. The Kier molecular flexibility index (Phi) is 10.8. The van der Waals surface area contributed by atoms with Gasteiger partial charge < -0.3 is 20.2 Å². The molecule has 13 heteroatoms. The van der Waals surface area contributed by atoms with Crippen LogP contribution in [0.4, 0.5) is 5.69 Å². The highest BCUT2D eigenvalue weighted by atomic mass is 35.5. The van der Waals surface area contributed by atoms with Crippen LogP contribution in [0.25, 0.3) is 5.50 Å². The Labute approximate surface area is 178 Å². The van der Waals surface area contributed by atoms with E-state index in [2.05, 4.69) is 6.58 Å². The molecule has 2 atom stereocenters. The summed E-state index contributed by atoms with van der Waals surface area (Å²) in [7, 11) is -4.17. The molecular weight excluding hydrogens is 448 g/mol. The normalized spacial score (nSPS) is 14.2. The molecule has 0 saturated carbocycles. The van der Waals surface area contributed by atoms with Crippen LogP contribution in [0, 0.1) is 10.1 Å². The van der Waals surface area contributed by atoms with Crippen LogP contribution >= 0.6 is 31.2 Å². The molecule has 0 fully saturated rings. The number of nitrogens with zero attached hydrogens (tertiary/aromatic N) is 2. The molecule has 0 aliphatic rings. The van der Waals surface area contributed by atoms with Gasteiger partial charge in [-0.15, -0.1) is 29.8 Å². The van der Waals surface area contributed by atoms with Crippen LogP contribution < -0.4 is 9.63 Å². The van der Waals surface area contributed by atoms with E-state index in [1.54, 1.807) is 0 Å². The fourth-order valence-electron chi connectivity index (χ4n) is 2.38. The number of carbonyl (C=O) groups is 1. The third kappa shape index (κ3) is 8.02. The number of benzene rings is 1. The summed E-state index contributed by atoms with van der Waals surface area (Å²) in [6.07, 6.45) is 0.228. The van der Waals surface area contributed by atoms with Crippen LogP contribution in [0.5, 0.6) is 5.75 Å². The van der Waals surface area contributed by atoms with Crippen molar-refractivity contribution in [3.8, 4) is 5.75 Å². The summed E-state index contributed by atoms with van der Waals surface area (Å²) >= 11 is 11.4. The van der Waals surface area contributed by atoms with Crippen LogP contribution in [0.2, 0.25) is 0 Å². The highest BCUT2D eigenvalue weighted by molar-refractivity contribution is 7.63. The number of alkyl halides is 2. The highest BCUT2D eigenvalue weighted by Gasteiger charge is 2.32. The Bertz CT molecular complexity index is 718. The van der Waals surface area contributed by atoms with Crippen molar-refractivity contribution < 1.29 is 29.0 Å². The largest absolute Gasteiger partial charge is 0.652 e. The Balaban J connectivity index is 3.29. The fourth-order valence-corrected chi connectivity index (χ4v) is 4.43. The molecule has 162 valence electrons. The monoisotopic (exact) mass is 468 g/mol. The SMILES string of the molecule is C=CCC(O[P+]([NH-])([O-])N(CCCl)CCCl)c1cc(OCC(=O)O)ccc1[N+](=O)[O-]. The number of aliphatic carboxylic acids is 1. The zero-order chi connectivity index (χ0) is 22.0. The van der Waals surface area contributed by atoms with Gasteiger partial charge in [0, 0.05) is 37.3 Å². The molecule has 2 unspecified atom stereocenters. The van der Waals surface area contributed by atoms with E-state index in [9.17, 15) is 19.8 Å². The first kappa shape index (κ1) is 25.5. The number of carboxylic acids is 1. The molecule has 0 aromatic heterocycles. The van der Waals surface area contributed by atoms with E-state index >= 15 is 0 Å². The van der Waals surface area contributed by atoms with Crippen LogP contribution in [0.3, 0.4) is 0 Å². The third-order valence-electron chi connectivity index (χ3n) is 3.61. The summed E-state index contributed by atoms with van der Waals surface area (Å²) in [6, 6.07) is 3.59. The lowest BCUT2D eigenvalue weighted by molar-refractivity contribution is -0.386. The van der Waals surface area contributed by atoms with Crippen molar-refractivity contribution in [1.29, 1.82) is 0 Å². The molecular formula is C16H21Cl2N3O7P-. The van der Waals surface area contributed by atoms with Gasteiger partial charge in [-0.05, 0) is 12.1 Å². The van der Waals surface area contributed by atoms with Crippen molar-refractivity contribution in [3.63, 3.8) is 0 Å². The molecule has 2 N–H and O–H groups in total. The highest BCUT2D eigenvalue weighted by Crippen LogP contribution is 2.59. The second-order valence-corrected chi connectivity index (χ2v) is 8.20. The maximum atomic E-state index is 12.9. The Morgan fingerprint density at radius 3 is 2.52 bits per heavy atom. The number of hydrogen-bond acceptors (Lipinski definition) is 7. The summed E-state index contributed by atoms with van der Waals surface area (Å²) in [5.74, 6) is -1.02. The van der Waals surface area contributed by atoms with Crippen molar-refractivity contribution in [2.75, 3.05) is 31.5 Å². The molecule has 1 aromatic carbocycles. The van der Waals surface area contributed by atoms with E-state index in [-0.39, 0.29) is 48.3 Å². The van der Waals surface area contributed by atoms with E-state index in [1.807, 2.05) is 0 Å². The minimum atomic E-state index is -4.17. The Morgan fingerprint density at radius 1 is 1.41 bits per heavy atom. The number of ether oxygens (including phenoxy) is 1. The summed E-state index contributed by atoms with van der Waals surface area (Å²) in [6.45, 7) is 3.05. The molecule has 1 rings (SSSR count). The fraction of sp³-hybridized carbons (Fsp3) is 0.438. The second-order valence-electron chi connectivity index (χ2n) is 5.63. The molecule has 0 aliphatic carbocycles. The predicted octanol–water partition coefficient (Wildman–Crippen LogP) is 3.56. The molecule has 0 saturated heterocycles. The van der Waals surface area contributed by atoms with E-state index < -0.39 is 31.6 Å². The molecule has 0 spiro atoms. The van der Waals surface area contributed by atoms with Gasteiger partial charge in [-0.1, -0.05) is 6.08 Å². The van der Waals surface area contributed by atoms with Crippen LogP contribution in [-0.2, 0) is 9.32 Å². The summed E-state index contributed by atoms with van der Waals surface area (Å²) in [5, 5.41) is 20.2. The first-order chi connectivity index (χ1) is 13.7. The number of halogens is 2. The Hall–Kier alpha value is -1.52. The van der Waals surface area contributed by atoms with Gasteiger partial charge in [0.25, 0.3) is 5.69 Å². The van der Waals surface area contributed by atoms with E-state index in [0.29, 0.717) is 0 Å². The molecule has 0 heterocycles. The number of nitro benzene ring substituents is 1. The summed E-state index contributed by atoms with van der Waals surface area (Å²) in [5.41, 5.74) is 7.76. The van der Waals surface area contributed by atoms with Gasteiger partial charge in [-0.25, -0.2) is 9.32 Å². The quantitative estimate of drug-likeness (QED) is 0.143. The van der Waals surface area contributed by atoms with Crippen molar-refractivity contribution in [3.05, 3.63) is 52.0 Å². The van der Waals surface area contributed by atoms with E-state index in [4.69, 9.17) is 43.1 Å². The first-order valence-electron chi connectivity index (χ1n) is 8.31. The molecule has 0 aliphatic heterocycles. The summed E-state index contributed by atoms with van der Waals surface area (Å²) < 4.78 is 11.7. The van der Waals surface area contributed by atoms with Gasteiger partial charge >= 0.3 is 5.97 Å². The molecule has 10 nitrogen and oxygen atoms in total. The lowest BCUT2D eigenvalue weighted by atomic mass is 10.0. The van der Waals surface area contributed by atoms with Gasteiger partial charge in [-0.2, -0.15) is 4.67 Å². The minimum absolute atomic E-state index is 0.00167. The molecule has 29 heavy (non-hydrogen) atoms. The van der Waals surface area contributed by atoms with Crippen molar-refractivity contribution >= 4 is 42.9 Å². The lowest BCUT2D eigenvalue weighted by Crippen LogP contribution is -2.34. The lowest BCUT2D eigenvalue weighted by Gasteiger charge is -2.43. The molecule has 0 amide bonds. The van der Waals surface area contributed by atoms with Crippen LogP contribution in [0.15, 0.2) is 30.9 Å². The zero-order valence-corrected chi connectivity index (χ0v) is 17.7. The number of carboxylic acid groups (broad SMARTS) is 1. The van der Waals surface area contributed by atoms with Crippen LogP contribution in [0.1, 0.15) is 18.1 Å². The topological polar surface area (TPSA) is 149 Å². The van der Waals surface area contributed by atoms with E-state index in [0.717, 1.165) is 6.07 Å². The molecule has 0 bridgehead atoms. The predicted molar refractivity (Wildman–Crippen MR) is 109 cm³/mol. The van der Waals surface area contributed by atoms with Crippen molar-refractivity contribution in [2.45, 2.75) is 12.5 Å². The molecule has 0 radical (unpaired) electrons. The third-order valence-corrected chi connectivity index (χ3v) is 5.64. The average molecular weight is 469 g/mol. The minimum Gasteiger partial charge on any atom is -0.652 e. The molecule has 1 aromatic rings. The van der Waals surface area contributed by atoms with Gasteiger partial charge in [0.15, 0.2) is 6.61 Å². The summed E-state index contributed by atoms with van der Waals surface area (Å²) in [4.78, 5) is 34.3. The average Bonchev–Trinajstić information content (AvgIpc) is 2.65. The number of rotatable bonds is 14. The van der Waals surface area contributed by atoms with Crippen LogP contribution in [-0.4, -0.2) is 52.1 Å². The zero-order valence-electron chi connectivity index (χ0n) is 15.3.